The van der Waals surface area contributed by atoms with Gasteiger partial charge in [-0.15, -0.1) is 0 Å². The Morgan fingerprint density at radius 3 is 2.64 bits per heavy atom. The number of hydrogen-bond acceptors (Lipinski definition) is 4. The predicted molar refractivity (Wildman–Crippen MR) is 105 cm³/mol. The number of carbonyl (C=O) groups excluding carboxylic acids is 1. The van der Waals surface area contributed by atoms with E-state index in [1.807, 2.05) is 36.4 Å². The molecule has 0 aliphatic heterocycles. The number of benzene rings is 3. The van der Waals surface area contributed by atoms with Crippen LogP contribution in [0.1, 0.15) is 6.92 Å². The van der Waals surface area contributed by atoms with Crippen molar-refractivity contribution < 1.29 is 18.3 Å². The average molecular weight is 376 g/mol. The van der Waals surface area contributed by atoms with E-state index >= 15 is 0 Å². The fourth-order valence-electron chi connectivity index (χ4n) is 2.74. The summed E-state index contributed by atoms with van der Waals surface area (Å²) in [5, 5.41) is 2.81. The van der Waals surface area contributed by atoms with Gasteiger partial charge in [-0.25, -0.2) is 9.37 Å². The SMILES string of the molecule is CC(Oc1ccc(F)cc1)C(=O)Nc1cccc(-c2nc3ccccc3o2)c1. The maximum atomic E-state index is 13.0. The Morgan fingerprint density at radius 1 is 1.07 bits per heavy atom. The monoisotopic (exact) mass is 376 g/mol. The zero-order valence-electron chi connectivity index (χ0n) is 15.1. The second-order valence-corrected chi connectivity index (χ2v) is 6.27. The minimum Gasteiger partial charge on any atom is -0.481 e. The average Bonchev–Trinajstić information content (AvgIpc) is 3.14. The molecule has 0 spiro atoms. The number of carbonyl (C=O) groups is 1. The summed E-state index contributed by atoms with van der Waals surface area (Å²) < 4.78 is 24.3. The van der Waals surface area contributed by atoms with Gasteiger partial charge in [0.25, 0.3) is 5.91 Å². The lowest BCUT2D eigenvalue weighted by Crippen LogP contribution is -2.30. The fourth-order valence-corrected chi connectivity index (χ4v) is 2.74. The van der Waals surface area contributed by atoms with Crippen LogP contribution >= 0.6 is 0 Å². The van der Waals surface area contributed by atoms with Crippen LogP contribution in [0.3, 0.4) is 0 Å². The summed E-state index contributed by atoms with van der Waals surface area (Å²) in [7, 11) is 0. The molecule has 1 unspecified atom stereocenters. The van der Waals surface area contributed by atoms with Crippen LogP contribution in [0, 0.1) is 5.82 Å². The predicted octanol–water partition coefficient (Wildman–Crippen LogP) is 5.04. The minimum absolute atomic E-state index is 0.320. The van der Waals surface area contributed by atoms with E-state index in [0.717, 1.165) is 11.1 Å². The van der Waals surface area contributed by atoms with Crippen LogP contribution < -0.4 is 10.1 Å². The van der Waals surface area contributed by atoms with Gasteiger partial charge in [0.15, 0.2) is 11.7 Å². The van der Waals surface area contributed by atoms with Gasteiger partial charge < -0.3 is 14.5 Å². The molecule has 4 aromatic rings. The number of fused-ring (bicyclic) bond motifs is 1. The summed E-state index contributed by atoms with van der Waals surface area (Å²) in [5.74, 6) is 0.219. The van der Waals surface area contributed by atoms with Gasteiger partial charge in [0.2, 0.25) is 5.89 Å². The van der Waals surface area contributed by atoms with Crippen molar-refractivity contribution in [1.82, 2.24) is 4.98 Å². The van der Waals surface area contributed by atoms with Gasteiger partial charge >= 0.3 is 0 Å². The number of amides is 1. The molecule has 0 saturated heterocycles. The van der Waals surface area contributed by atoms with Gasteiger partial charge in [-0.1, -0.05) is 18.2 Å². The maximum absolute atomic E-state index is 13.0. The molecular formula is C22H17FN2O3. The van der Waals surface area contributed by atoms with Crippen LogP contribution in [0.4, 0.5) is 10.1 Å². The number of halogens is 1. The van der Waals surface area contributed by atoms with Gasteiger partial charge in [0, 0.05) is 11.3 Å². The molecule has 1 aromatic heterocycles. The Hall–Kier alpha value is -3.67. The van der Waals surface area contributed by atoms with Crippen molar-refractivity contribution >= 4 is 22.7 Å². The first-order chi connectivity index (χ1) is 13.6. The summed E-state index contributed by atoms with van der Waals surface area (Å²) in [6.45, 7) is 1.63. The molecule has 0 saturated carbocycles. The Labute approximate surface area is 160 Å². The number of hydrogen-bond donors (Lipinski definition) is 1. The molecule has 1 atom stereocenters. The number of ether oxygens (including phenoxy) is 1. The fraction of sp³-hybridized carbons (Fsp3) is 0.0909. The van der Waals surface area contributed by atoms with E-state index in [-0.39, 0.29) is 11.7 Å². The van der Waals surface area contributed by atoms with Crippen molar-refractivity contribution in [1.29, 1.82) is 0 Å². The summed E-state index contributed by atoms with van der Waals surface area (Å²) in [5.41, 5.74) is 2.82. The highest BCUT2D eigenvalue weighted by atomic mass is 19.1. The van der Waals surface area contributed by atoms with Crippen molar-refractivity contribution in [2.24, 2.45) is 0 Å². The number of rotatable bonds is 5. The van der Waals surface area contributed by atoms with Gasteiger partial charge in [0.05, 0.1) is 0 Å². The zero-order valence-corrected chi connectivity index (χ0v) is 15.1. The molecular weight excluding hydrogens is 359 g/mol. The van der Waals surface area contributed by atoms with Crippen molar-refractivity contribution in [3.05, 3.63) is 78.6 Å². The molecule has 0 fully saturated rings. The second kappa shape index (κ2) is 7.52. The van der Waals surface area contributed by atoms with Crippen LogP contribution in [0.5, 0.6) is 5.75 Å². The van der Waals surface area contributed by atoms with Crippen LogP contribution in [0.15, 0.2) is 77.2 Å². The number of para-hydroxylation sites is 2. The largest absolute Gasteiger partial charge is 0.481 e. The van der Waals surface area contributed by atoms with Crippen molar-refractivity contribution in [2.45, 2.75) is 13.0 Å². The highest BCUT2D eigenvalue weighted by molar-refractivity contribution is 5.94. The lowest BCUT2D eigenvalue weighted by molar-refractivity contribution is -0.122. The summed E-state index contributed by atoms with van der Waals surface area (Å²) >= 11 is 0. The summed E-state index contributed by atoms with van der Waals surface area (Å²) in [4.78, 5) is 16.9. The van der Waals surface area contributed by atoms with E-state index in [4.69, 9.17) is 9.15 Å². The van der Waals surface area contributed by atoms with Crippen LogP contribution in [0.25, 0.3) is 22.6 Å². The van der Waals surface area contributed by atoms with E-state index in [1.54, 1.807) is 19.1 Å². The molecule has 0 aliphatic carbocycles. The lowest BCUT2D eigenvalue weighted by Gasteiger charge is -2.15. The topological polar surface area (TPSA) is 64.4 Å². The smallest absolute Gasteiger partial charge is 0.265 e. The first-order valence-electron chi connectivity index (χ1n) is 8.77. The van der Waals surface area contributed by atoms with Crippen LogP contribution in [-0.2, 0) is 4.79 Å². The summed E-state index contributed by atoms with van der Waals surface area (Å²) in [6.07, 6.45) is -0.751. The molecule has 3 aromatic carbocycles. The molecule has 0 bridgehead atoms. The van der Waals surface area contributed by atoms with E-state index in [2.05, 4.69) is 10.3 Å². The Morgan fingerprint density at radius 2 is 1.86 bits per heavy atom. The van der Waals surface area contributed by atoms with Crippen molar-refractivity contribution in [2.75, 3.05) is 5.32 Å². The van der Waals surface area contributed by atoms with E-state index < -0.39 is 6.10 Å². The maximum Gasteiger partial charge on any atom is 0.265 e. The Bertz CT molecular complexity index is 1090. The van der Waals surface area contributed by atoms with Crippen molar-refractivity contribution in [3.8, 4) is 17.2 Å². The third-order valence-electron chi connectivity index (χ3n) is 4.17. The first-order valence-corrected chi connectivity index (χ1v) is 8.77. The molecule has 0 aliphatic rings. The lowest BCUT2D eigenvalue weighted by atomic mass is 10.2. The van der Waals surface area contributed by atoms with E-state index in [9.17, 15) is 9.18 Å². The highest BCUT2D eigenvalue weighted by Crippen LogP contribution is 2.26. The van der Waals surface area contributed by atoms with Gasteiger partial charge in [-0.05, 0) is 61.5 Å². The molecule has 1 amide bonds. The van der Waals surface area contributed by atoms with Gasteiger partial charge in [0.1, 0.15) is 17.1 Å². The summed E-state index contributed by atoms with van der Waals surface area (Å²) in [6, 6.07) is 20.3. The number of nitrogens with zero attached hydrogens (tertiary/aromatic N) is 1. The minimum atomic E-state index is -0.751. The van der Waals surface area contributed by atoms with Crippen LogP contribution in [0.2, 0.25) is 0 Å². The molecule has 6 heteroatoms. The molecule has 140 valence electrons. The van der Waals surface area contributed by atoms with Crippen LogP contribution in [-0.4, -0.2) is 17.0 Å². The van der Waals surface area contributed by atoms with Crippen molar-refractivity contribution in [3.63, 3.8) is 0 Å². The van der Waals surface area contributed by atoms with E-state index in [0.29, 0.717) is 22.9 Å². The standard InChI is InChI=1S/C22H17FN2O3/c1-14(27-18-11-9-16(23)10-12-18)21(26)24-17-6-4-5-15(13-17)22-25-19-7-2-3-8-20(19)28-22/h2-14H,1H3,(H,24,26). The Balaban J connectivity index is 1.48. The van der Waals surface area contributed by atoms with E-state index in [1.165, 1.54) is 24.3 Å². The molecule has 1 N–H and O–H groups in total. The molecule has 28 heavy (non-hydrogen) atoms. The second-order valence-electron chi connectivity index (χ2n) is 6.27. The number of oxazole rings is 1. The zero-order chi connectivity index (χ0) is 19.5. The first kappa shape index (κ1) is 17.7. The molecule has 0 radical (unpaired) electrons. The molecule has 5 nitrogen and oxygen atoms in total. The third kappa shape index (κ3) is 3.86. The van der Waals surface area contributed by atoms with Gasteiger partial charge in [-0.3, -0.25) is 4.79 Å². The van der Waals surface area contributed by atoms with Gasteiger partial charge in [-0.2, -0.15) is 0 Å². The molecule has 4 rings (SSSR count). The number of anilines is 1. The normalized spacial score (nSPS) is 11.9. The third-order valence-corrected chi connectivity index (χ3v) is 4.17. The quantitative estimate of drug-likeness (QED) is 0.530. The Kier molecular flexibility index (Phi) is 4.76. The highest BCUT2D eigenvalue weighted by Gasteiger charge is 2.16. The number of nitrogens with one attached hydrogen (secondary N) is 1. The molecule has 1 heterocycles. The number of aromatic nitrogens is 1.